The number of ether oxygens (including phenoxy) is 1. The van der Waals surface area contributed by atoms with Crippen molar-refractivity contribution in [1.29, 1.82) is 0 Å². The number of unbranched alkanes of at least 4 members (excludes halogenated alkanes) is 3. The molecule has 4 bridgehead atoms. The Labute approximate surface area is 141 Å². The minimum Gasteiger partial charge on any atom is -0.465 e. The van der Waals surface area contributed by atoms with Crippen molar-refractivity contribution in [3.8, 4) is 0 Å². The SMILES string of the molecule is O=C(OCCCCCCNS(=O)O)C12CC3CC(CC(C3)C1)C2. The van der Waals surface area contributed by atoms with Crippen molar-refractivity contribution >= 4 is 17.2 Å². The summed E-state index contributed by atoms with van der Waals surface area (Å²) in [5, 5.41) is 0. The highest BCUT2D eigenvalue weighted by molar-refractivity contribution is 7.77. The Morgan fingerprint density at radius 2 is 1.61 bits per heavy atom. The molecular weight excluding hydrogens is 314 g/mol. The van der Waals surface area contributed by atoms with Gasteiger partial charge in [0.05, 0.1) is 12.0 Å². The lowest BCUT2D eigenvalue weighted by Crippen LogP contribution is -2.50. The van der Waals surface area contributed by atoms with Crippen molar-refractivity contribution in [3.63, 3.8) is 0 Å². The lowest BCUT2D eigenvalue weighted by Gasteiger charge is -2.55. The highest BCUT2D eigenvalue weighted by Crippen LogP contribution is 2.60. The van der Waals surface area contributed by atoms with Gasteiger partial charge in [-0.05, 0) is 69.1 Å². The molecule has 1 atom stereocenters. The van der Waals surface area contributed by atoms with Gasteiger partial charge < -0.3 is 4.74 Å². The van der Waals surface area contributed by atoms with Crippen LogP contribution in [0.1, 0.15) is 64.2 Å². The molecule has 0 spiro atoms. The molecule has 0 saturated heterocycles. The van der Waals surface area contributed by atoms with E-state index in [0.29, 0.717) is 13.2 Å². The molecule has 0 aromatic rings. The van der Waals surface area contributed by atoms with Crippen molar-refractivity contribution < 1.29 is 18.3 Å². The molecule has 0 aliphatic heterocycles. The van der Waals surface area contributed by atoms with E-state index in [1.807, 2.05) is 0 Å². The minimum absolute atomic E-state index is 0.0777. The first-order valence-corrected chi connectivity index (χ1v) is 10.2. The lowest BCUT2D eigenvalue weighted by atomic mass is 9.49. The Morgan fingerprint density at radius 3 is 2.17 bits per heavy atom. The van der Waals surface area contributed by atoms with Gasteiger partial charge in [0.2, 0.25) is 11.3 Å². The van der Waals surface area contributed by atoms with Crippen LogP contribution in [0.2, 0.25) is 0 Å². The molecule has 0 aromatic carbocycles. The zero-order chi connectivity index (χ0) is 16.3. The van der Waals surface area contributed by atoms with Gasteiger partial charge in [0.15, 0.2) is 0 Å². The molecule has 0 radical (unpaired) electrons. The summed E-state index contributed by atoms with van der Waals surface area (Å²) in [7, 11) is 0. The van der Waals surface area contributed by atoms with Crippen LogP contribution in [0.4, 0.5) is 0 Å². The minimum atomic E-state index is -1.91. The first-order valence-electron chi connectivity index (χ1n) is 9.09. The predicted molar refractivity (Wildman–Crippen MR) is 88.8 cm³/mol. The monoisotopic (exact) mass is 343 g/mol. The first kappa shape index (κ1) is 17.4. The van der Waals surface area contributed by atoms with Crippen molar-refractivity contribution in [2.75, 3.05) is 13.2 Å². The number of hydrogen-bond donors (Lipinski definition) is 2. The fourth-order valence-electron chi connectivity index (χ4n) is 5.42. The molecule has 2 N–H and O–H groups in total. The van der Waals surface area contributed by atoms with Crippen LogP contribution in [0.5, 0.6) is 0 Å². The molecule has 4 saturated carbocycles. The molecule has 4 fully saturated rings. The van der Waals surface area contributed by atoms with E-state index in [4.69, 9.17) is 9.29 Å². The van der Waals surface area contributed by atoms with Gasteiger partial charge >= 0.3 is 5.97 Å². The third-order valence-corrected chi connectivity index (χ3v) is 6.45. The summed E-state index contributed by atoms with van der Waals surface area (Å²) in [6, 6.07) is 0. The number of carbonyl (C=O) groups excluding carboxylic acids is 1. The summed E-state index contributed by atoms with van der Waals surface area (Å²) in [6.45, 7) is 1.08. The van der Waals surface area contributed by atoms with Crippen molar-refractivity contribution in [3.05, 3.63) is 0 Å². The van der Waals surface area contributed by atoms with E-state index >= 15 is 0 Å². The van der Waals surface area contributed by atoms with Crippen molar-refractivity contribution in [2.24, 2.45) is 23.2 Å². The second-order valence-corrected chi connectivity index (χ2v) is 8.68. The average Bonchev–Trinajstić information content (AvgIpc) is 2.48. The van der Waals surface area contributed by atoms with Gasteiger partial charge in [-0.1, -0.05) is 12.8 Å². The van der Waals surface area contributed by atoms with E-state index in [-0.39, 0.29) is 11.4 Å². The Hall–Kier alpha value is -0.460. The third-order valence-electron chi connectivity index (χ3n) is 6.00. The number of carbonyl (C=O) groups is 1. The van der Waals surface area contributed by atoms with Crippen molar-refractivity contribution in [1.82, 2.24) is 4.72 Å². The van der Waals surface area contributed by atoms with Gasteiger partial charge in [-0.3, -0.25) is 9.35 Å². The highest BCUT2D eigenvalue weighted by Gasteiger charge is 2.55. The number of nitrogens with one attached hydrogen (secondary N) is 1. The molecular formula is C17H29NO4S. The maximum atomic E-state index is 12.6. The predicted octanol–water partition coefficient (Wildman–Crippen LogP) is 3.03. The molecule has 0 aromatic heterocycles. The van der Waals surface area contributed by atoms with Gasteiger partial charge in [0.25, 0.3) is 0 Å². The normalized spacial score (nSPS) is 36.1. The highest BCUT2D eigenvalue weighted by atomic mass is 32.2. The van der Waals surface area contributed by atoms with Crippen LogP contribution in [-0.4, -0.2) is 27.9 Å². The van der Waals surface area contributed by atoms with Crippen LogP contribution in [0.25, 0.3) is 0 Å². The van der Waals surface area contributed by atoms with Crippen LogP contribution < -0.4 is 4.72 Å². The summed E-state index contributed by atoms with van der Waals surface area (Å²) in [6.07, 6.45) is 11.0. The quantitative estimate of drug-likeness (QED) is 0.383. The van der Waals surface area contributed by atoms with E-state index in [0.717, 1.165) is 62.7 Å². The summed E-state index contributed by atoms with van der Waals surface area (Å²) >= 11 is -1.91. The van der Waals surface area contributed by atoms with E-state index in [2.05, 4.69) is 4.72 Å². The maximum absolute atomic E-state index is 12.6. The Kier molecular flexibility index (Phi) is 5.75. The maximum Gasteiger partial charge on any atom is 0.312 e. The average molecular weight is 343 g/mol. The zero-order valence-electron chi connectivity index (χ0n) is 13.8. The smallest absolute Gasteiger partial charge is 0.312 e. The fourth-order valence-corrected chi connectivity index (χ4v) is 5.74. The van der Waals surface area contributed by atoms with Gasteiger partial charge in [-0.25, -0.2) is 8.93 Å². The third kappa shape index (κ3) is 4.34. The Morgan fingerprint density at radius 1 is 1.04 bits per heavy atom. The van der Waals surface area contributed by atoms with E-state index in [9.17, 15) is 9.00 Å². The summed E-state index contributed by atoms with van der Waals surface area (Å²) < 4.78 is 27.1. The fraction of sp³-hybridized carbons (Fsp3) is 0.941. The second-order valence-electron chi connectivity index (χ2n) is 7.89. The van der Waals surface area contributed by atoms with E-state index < -0.39 is 11.3 Å². The molecule has 4 aliphatic rings. The van der Waals surface area contributed by atoms with Crippen LogP contribution in [0.3, 0.4) is 0 Å². The molecule has 5 nitrogen and oxygen atoms in total. The molecule has 0 heterocycles. The second kappa shape index (κ2) is 7.62. The van der Waals surface area contributed by atoms with E-state index in [1.165, 1.54) is 19.3 Å². The number of rotatable bonds is 9. The van der Waals surface area contributed by atoms with Crippen molar-refractivity contribution in [2.45, 2.75) is 64.2 Å². The van der Waals surface area contributed by atoms with Crippen LogP contribution in [0, 0.1) is 23.2 Å². The lowest BCUT2D eigenvalue weighted by molar-refractivity contribution is -0.171. The summed E-state index contributed by atoms with van der Waals surface area (Å²) in [5.74, 6) is 2.41. The van der Waals surface area contributed by atoms with Gasteiger partial charge in [0, 0.05) is 6.54 Å². The summed E-state index contributed by atoms with van der Waals surface area (Å²) in [5.41, 5.74) is -0.135. The molecule has 23 heavy (non-hydrogen) atoms. The Bertz CT molecular complexity index is 419. The largest absolute Gasteiger partial charge is 0.465 e. The van der Waals surface area contributed by atoms with Gasteiger partial charge in [0.1, 0.15) is 0 Å². The van der Waals surface area contributed by atoms with E-state index in [1.54, 1.807) is 0 Å². The van der Waals surface area contributed by atoms with Crippen LogP contribution in [-0.2, 0) is 20.8 Å². The topological polar surface area (TPSA) is 75.6 Å². The van der Waals surface area contributed by atoms with Crippen LogP contribution in [0.15, 0.2) is 0 Å². The molecule has 1 unspecified atom stereocenters. The van der Waals surface area contributed by atoms with Crippen LogP contribution >= 0.6 is 0 Å². The van der Waals surface area contributed by atoms with Gasteiger partial charge in [-0.2, -0.15) is 0 Å². The number of esters is 1. The molecule has 132 valence electrons. The Balaban J connectivity index is 1.32. The first-order chi connectivity index (χ1) is 11.1. The molecule has 4 aliphatic carbocycles. The standard InChI is InChI=1S/C17H29NO4S/c19-16(22-6-4-2-1-3-5-18-23(20)21)17-10-13-7-14(11-17)9-15(8-13)12-17/h13-15,18H,1-12H2,(H,20,21). The zero-order valence-corrected chi connectivity index (χ0v) is 14.6. The number of hydrogen-bond acceptors (Lipinski definition) is 3. The summed E-state index contributed by atoms with van der Waals surface area (Å²) in [4.78, 5) is 12.6. The molecule has 6 heteroatoms. The van der Waals surface area contributed by atoms with Gasteiger partial charge in [-0.15, -0.1) is 0 Å². The molecule has 0 amide bonds. The molecule has 4 rings (SSSR count).